The molecule has 3 atom stereocenters. The van der Waals surface area contributed by atoms with Crippen molar-refractivity contribution in [2.75, 3.05) is 16.8 Å². The Kier molecular flexibility index (Phi) is 4.49. The zero-order valence-electron chi connectivity index (χ0n) is 14.6. The maximum absolute atomic E-state index is 12.6. The molecule has 6 heteroatoms. The standard InChI is InChI=1S/C18H26N4O2/c1-11-4-5-12(2)22(11)13(3)17(23)20-15-6-7-16-14(10-15)8-9-21(16)18(19)24/h6-7,10-13H,4-5,8-9H2,1-3H3,(H2,19,24)(H,20,23)/t11-,12-,13-/m1/s1. The number of primary amides is 1. The van der Waals surface area contributed by atoms with E-state index in [-0.39, 0.29) is 11.9 Å². The van der Waals surface area contributed by atoms with Crippen LogP contribution in [-0.4, -0.2) is 41.5 Å². The molecule has 0 saturated carbocycles. The predicted octanol–water partition coefficient (Wildman–Crippen LogP) is 2.33. The van der Waals surface area contributed by atoms with Crippen molar-refractivity contribution in [3.05, 3.63) is 23.8 Å². The van der Waals surface area contributed by atoms with E-state index in [1.54, 1.807) is 4.90 Å². The smallest absolute Gasteiger partial charge is 0.319 e. The van der Waals surface area contributed by atoms with Crippen LogP contribution < -0.4 is 16.0 Å². The number of hydrogen-bond donors (Lipinski definition) is 2. The summed E-state index contributed by atoms with van der Waals surface area (Å²) in [5, 5.41) is 3.02. The number of nitrogens with zero attached hydrogens (tertiary/aromatic N) is 2. The van der Waals surface area contributed by atoms with E-state index >= 15 is 0 Å². The molecule has 1 saturated heterocycles. The van der Waals surface area contributed by atoms with Crippen LogP contribution in [0.2, 0.25) is 0 Å². The normalized spacial score (nSPS) is 24.7. The number of nitrogens with one attached hydrogen (secondary N) is 1. The van der Waals surface area contributed by atoms with Crippen molar-refractivity contribution in [1.82, 2.24) is 4.90 Å². The van der Waals surface area contributed by atoms with Crippen molar-refractivity contribution in [2.45, 2.75) is 58.2 Å². The van der Waals surface area contributed by atoms with Crippen LogP contribution in [0.3, 0.4) is 0 Å². The number of urea groups is 1. The van der Waals surface area contributed by atoms with Gasteiger partial charge in [0.25, 0.3) is 0 Å². The maximum atomic E-state index is 12.6. The van der Waals surface area contributed by atoms with Gasteiger partial charge in [-0.15, -0.1) is 0 Å². The molecule has 1 fully saturated rings. The summed E-state index contributed by atoms with van der Waals surface area (Å²) < 4.78 is 0. The van der Waals surface area contributed by atoms with Gasteiger partial charge in [0, 0.05) is 30.0 Å². The maximum Gasteiger partial charge on any atom is 0.319 e. The van der Waals surface area contributed by atoms with Crippen molar-refractivity contribution in [2.24, 2.45) is 5.73 Å². The van der Waals surface area contributed by atoms with Gasteiger partial charge in [0.2, 0.25) is 5.91 Å². The van der Waals surface area contributed by atoms with E-state index in [0.717, 1.165) is 36.2 Å². The number of likely N-dealkylation sites (tertiary alicyclic amines) is 1. The Bertz CT molecular complexity index is 650. The number of fused-ring (bicyclic) bond motifs is 1. The largest absolute Gasteiger partial charge is 0.351 e. The first-order valence-corrected chi connectivity index (χ1v) is 8.66. The first-order chi connectivity index (χ1) is 11.4. The van der Waals surface area contributed by atoms with Crippen molar-refractivity contribution >= 4 is 23.3 Å². The molecule has 0 aromatic heterocycles. The van der Waals surface area contributed by atoms with Crippen molar-refractivity contribution in [3.8, 4) is 0 Å². The summed E-state index contributed by atoms with van der Waals surface area (Å²) in [6.07, 6.45) is 3.04. The average Bonchev–Trinajstić information content (AvgIpc) is 3.09. The molecule has 2 aliphatic heterocycles. The molecule has 0 bridgehead atoms. The third-order valence-corrected chi connectivity index (χ3v) is 5.36. The van der Waals surface area contributed by atoms with E-state index < -0.39 is 6.03 Å². The zero-order chi connectivity index (χ0) is 17.4. The van der Waals surface area contributed by atoms with Crippen LogP contribution in [0.1, 0.15) is 39.2 Å². The summed E-state index contributed by atoms with van der Waals surface area (Å²) >= 11 is 0. The Morgan fingerprint density at radius 1 is 1.25 bits per heavy atom. The van der Waals surface area contributed by atoms with Gasteiger partial charge in [-0.2, -0.15) is 0 Å². The molecular weight excluding hydrogens is 304 g/mol. The van der Waals surface area contributed by atoms with Gasteiger partial charge in [-0.05, 0) is 63.8 Å². The molecule has 130 valence electrons. The second kappa shape index (κ2) is 6.43. The molecule has 6 nitrogen and oxygen atoms in total. The zero-order valence-corrected chi connectivity index (χ0v) is 14.6. The summed E-state index contributed by atoms with van der Waals surface area (Å²) in [4.78, 5) is 27.9. The van der Waals surface area contributed by atoms with Crippen LogP contribution in [-0.2, 0) is 11.2 Å². The second-order valence-electron chi connectivity index (χ2n) is 6.97. The molecule has 24 heavy (non-hydrogen) atoms. The topological polar surface area (TPSA) is 78.7 Å². The van der Waals surface area contributed by atoms with Crippen LogP contribution in [0, 0.1) is 0 Å². The van der Waals surface area contributed by atoms with Crippen LogP contribution >= 0.6 is 0 Å². The molecule has 0 spiro atoms. The highest BCUT2D eigenvalue weighted by molar-refractivity contribution is 5.96. The lowest BCUT2D eigenvalue weighted by Crippen LogP contribution is -2.46. The molecule has 1 aromatic rings. The third-order valence-electron chi connectivity index (χ3n) is 5.36. The molecule has 3 N–H and O–H groups in total. The van der Waals surface area contributed by atoms with E-state index in [4.69, 9.17) is 5.73 Å². The number of nitrogens with two attached hydrogens (primary N) is 1. The number of anilines is 2. The van der Waals surface area contributed by atoms with Gasteiger partial charge < -0.3 is 11.1 Å². The summed E-state index contributed by atoms with van der Waals surface area (Å²) in [7, 11) is 0. The van der Waals surface area contributed by atoms with E-state index in [2.05, 4.69) is 24.1 Å². The summed E-state index contributed by atoms with van der Waals surface area (Å²) in [5.74, 6) is 0.0142. The molecule has 3 amide bonds. The van der Waals surface area contributed by atoms with Gasteiger partial charge >= 0.3 is 6.03 Å². The second-order valence-corrected chi connectivity index (χ2v) is 6.97. The van der Waals surface area contributed by atoms with Crippen LogP contribution in [0.5, 0.6) is 0 Å². The van der Waals surface area contributed by atoms with E-state index in [1.807, 2.05) is 25.1 Å². The average molecular weight is 330 g/mol. The van der Waals surface area contributed by atoms with Gasteiger partial charge in [-0.3, -0.25) is 14.6 Å². The van der Waals surface area contributed by atoms with Crippen molar-refractivity contribution in [3.63, 3.8) is 0 Å². The fraction of sp³-hybridized carbons (Fsp3) is 0.556. The SMILES string of the molecule is C[C@@H]1CC[C@@H](C)N1[C@H](C)C(=O)Nc1ccc2c(c1)CCN2C(N)=O. The number of rotatable bonds is 3. The van der Waals surface area contributed by atoms with Gasteiger partial charge in [0.1, 0.15) is 0 Å². The Labute approximate surface area is 143 Å². The van der Waals surface area contributed by atoms with Crippen LogP contribution in [0.15, 0.2) is 18.2 Å². The monoisotopic (exact) mass is 330 g/mol. The fourth-order valence-corrected chi connectivity index (χ4v) is 4.07. The highest BCUT2D eigenvalue weighted by atomic mass is 16.2. The lowest BCUT2D eigenvalue weighted by atomic mass is 10.1. The summed E-state index contributed by atoms with van der Waals surface area (Å²) in [5.41, 5.74) is 8.04. The fourth-order valence-electron chi connectivity index (χ4n) is 4.07. The predicted molar refractivity (Wildman–Crippen MR) is 95.2 cm³/mol. The lowest BCUT2D eigenvalue weighted by Gasteiger charge is -2.31. The summed E-state index contributed by atoms with van der Waals surface area (Å²) in [6.45, 7) is 6.93. The van der Waals surface area contributed by atoms with Crippen LogP contribution in [0.4, 0.5) is 16.2 Å². The van der Waals surface area contributed by atoms with Gasteiger partial charge in [0.05, 0.1) is 6.04 Å². The van der Waals surface area contributed by atoms with E-state index in [9.17, 15) is 9.59 Å². The van der Waals surface area contributed by atoms with Crippen molar-refractivity contribution in [1.29, 1.82) is 0 Å². The third kappa shape index (κ3) is 2.98. The molecule has 1 aromatic carbocycles. The Morgan fingerprint density at radius 2 is 1.92 bits per heavy atom. The molecule has 2 aliphatic rings. The number of carbonyl (C=O) groups excluding carboxylic acids is 2. The Morgan fingerprint density at radius 3 is 2.54 bits per heavy atom. The number of amides is 3. The highest BCUT2D eigenvalue weighted by Gasteiger charge is 2.34. The number of carbonyl (C=O) groups is 2. The minimum absolute atomic E-state index is 0.0142. The number of hydrogen-bond acceptors (Lipinski definition) is 3. The van der Waals surface area contributed by atoms with Crippen LogP contribution in [0.25, 0.3) is 0 Å². The summed E-state index contributed by atoms with van der Waals surface area (Å²) in [6, 6.07) is 5.91. The van der Waals surface area contributed by atoms with Gasteiger partial charge in [-0.25, -0.2) is 4.79 Å². The number of benzene rings is 1. The quantitative estimate of drug-likeness (QED) is 0.893. The molecule has 2 heterocycles. The lowest BCUT2D eigenvalue weighted by molar-refractivity contribution is -0.121. The molecule has 0 radical (unpaired) electrons. The first-order valence-electron chi connectivity index (χ1n) is 8.66. The molecule has 0 aliphatic carbocycles. The van der Waals surface area contributed by atoms with E-state index in [1.165, 1.54) is 0 Å². The minimum atomic E-state index is -0.434. The highest BCUT2D eigenvalue weighted by Crippen LogP contribution is 2.31. The Balaban J connectivity index is 1.70. The Hall–Kier alpha value is -2.08. The minimum Gasteiger partial charge on any atom is -0.351 e. The van der Waals surface area contributed by atoms with E-state index in [0.29, 0.717) is 18.6 Å². The van der Waals surface area contributed by atoms with Gasteiger partial charge in [-0.1, -0.05) is 0 Å². The molecule has 3 rings (SSSR count). The first kappa shape index (κ1) is 16.8. The van der Waals surface area contributed by atoms with Crippen molar-refractivity contribution < 1.29 is 9.59 Å². The molecular formula is C18H26N4O2. The molecule has 0 unspecified atom stereocenters. The van der Waals surface area contributed by atoms with Gasteiger partial charge in [0.15, 0.2) is 0 Å².